The largest absolute Gasteiger partial charge is 5.00 e. The number of hydrogen-bond acceptors (Lipinski definition) is 5. The van der Waals surface area contributed by atoms with Crippen molar-refractivity contribution in [2.24, 2.45) is 0 Å². The van der Waals surface area contributed by atoms with E-state index in [-0.39, 0.29) is 128 Å². The molecule has 0 aliphatic carbocycles. The SMILES string of the molecule is CC[O-].CC[O-].CC[O-].CC[O-].CC[O-].[Nb+5].[Nb+5].[Nb+5].[O-2].[O-2].[O-2].[O-2].[O-2]. The molecule has 0 saturated carbocycles. The van der Waals surface area contributed by atoms with Gasteiger partial charge in [-0.3, -0.25) is 0 Å². The molecule has 0 aliphatic rings. The molecule has 0 N–H and O–H groups in total. The second-order valence-electron chi connectivity index (χ2n) is 1.44. The molecule has 0 radical (unpaired) electrons. The minimum Gasteiger partial charge on any atom is -2.00 e. The third-order valence-corrected chi connectivity index (χ3v) is 0. The topological polar surface area (TPSA) is 258 Å². The van der Waals surface area contributed by atoms with Crippen LogP contribution in [0.5, 0.6) is 0 Å². The Balaban J connectivity index is -0.00000000455. The van der Waals surface area contributed by atoms with Crippen LogP contribution in [0.2, 0.25) is 0 Å². The number of hydrogen-bond donors (Lipinski definition) is 0. The third-order valence-electron chi connectivity index (χ3n) is 0. The summed E-state index contributed by atoms with van der Waals surface area (Å²) in [5.41, 5.74) is 0. The van der Waals surface area contributed by atoms with Gasteiger partial charge in [-0.25, -0.2) is 0 Å². The fourth-order valence-corrected chi connectivity index (χ4v) is 0. The molecule has 140 valence electrons. The number of rotatable bonds is 0. The van der Waals surface area contributed by atoms with Crippen LogP contribution in [0.1, 0.15) is 34.6 Å². The van der Waals surface area contributed by atoms with Crippen LogP contribution in [0.15, 0.2) is 0 Å². The van der Waals surface area contributed by atoms with Crippen molar-refractivity contribution < 1.29 is 120 Å². The molecule has 0 rings (SSSR count). The average molecular weight is 584 g/mol. The fourth-order valence-electron chi connectivity index (χ4n) is 0. The zero-order chi connectivity index (χ0) is 13.5. The molecule has 0 unspecified atom stereocenters. The van der Waals surface area contributed by atoms with Gasteiger partial charge in [0.2, 0.25) is 0 Å². The normalized spacial score (nSPS) is 3.91. The summed E-state index contributed by atoms with van der Waals surface area (Å²) < 4.78 is 0. The maximum absolute atomic E-state index is 8.93. The Hall–Kier alpha value is 1.82. The van der Waals surface area contributed by atoms with Crippen LogP contribution in [0.25, 0.3) is 0 Å². The molecule has 0 atom stereocenters. The first kappa shape index (κ1) is 101. The average Bonchev–Trinajstić information content (AvgIpc) is 2.09. The van der Waals surface area contributed by atoms with Crippen LogP contribution < -0.4 is 25.5 Å². The zero-order valence-electron chi connectivity index (χ0n) is 14.0. The molecule has 0 saturated heterocycles. The van der Waals surface area contributed by atoms with Crippen molar-refractivity contribution in [3.05, 3.63) is 0 Å². The summed E-state index contributed by atoms with van der Waals surface area (Å²) in [6, 6.07) is 0. The van der Waals surface area contributed by atoms with E-state index >= 15 is 0 Å². The Morgan fingerprint density at radius 3 is 0.348 bits per heavy atom. The maximum atomic E-state index is 8.93. The van der Waals surface area contributed by atoms with Gasteiger partial charge < -0.3 is 52.9 Å². The van der Waals surface area contributed by atoms with Crippen LogP contribution in [0.4, 0.5) is 0 Å². The fraction of sp³-hybridized carbons (Fsp3) is 1.00. The molecule has 0 bridgehead atoms. The van der Waals surface area contributed by atoms with Gasteiger partial charge in [-0.05, 0) is 0 Å². The van der Waals surface area contributed by atoms with Gasteiger partial charge in [-0.2, -0.15) is 0 Å². The van der Waals surface area contributed by atoms with Crippen LogP contribution in [-0.2, 0) is 94.5 Å². The van der Waals surface area contributed by atoms with Crippen molar-refractivity contribution in [3.8, 4) is 0 Å². The molecule has 0 aromatic carbocycles. The molecular formula is C10H25Nb3O10. The molecular weight excluding hydrogens is 559 g/mol. The molecule has 0 aromatic rings. The summed E-state index contributed by atoms with van der Waals surface area (Å²) in [6.07, 6.45) is 0. The standard InChI is InChI=1S/5C2H5O.3Nb.5O/c5*1-2-3;;;;;;;;/h5*2H2,1H3;;;;;;;;/q5*-1;3*+5;5*-2. The van der Waals surface area contributed by atoms with Crippen molar-refractivity contribution >= 4 is 0 Å². The second kappa shape index (κ2) is 267. The second-order valence-corrected chi connectivity index (χ2v) is 1.44. The molecule has 10 nitrogen and oxygen atoms in total. The molecule has 0 aromatic heterocycles. The summed E-state index contributed by atoms with van der Waals surface area (Å²) in [6.45, 7) is 7.85. The van der Waals surface area contributed by atoms with E-state index in [4.69, 9.17) is 25.5 Å². The van der Waals surface area contributed by atoms with E-state index in [0.29, 0.717) is 0 Å². The van der Waals surface area contributed by atoms with Crippen molar-refractivity contribution in [3.63, 3.8) is 0 Å². The van der Waals surface area contributed by atoms with Gasteiger partial charge >= 0.3 is 67.1 Å². The molecule has 0 aliphatic heterocycles. The van der Waals surface area contributed by atoms with Crippen molar-refractivity contribution in [2.45, 2.75) is 34.6 Å². The predicted octanol–water partition coefficient (Wildman–Crippen LogP) is -3.77. The Bertz CT molecular complexity index is 44.5. The van der Waals surface area contributed by atoms with Gasteiger partial charge in [-0.1, -0.05) is 34.6 Å². The summed E-state index contributed by atoms with van der Waals surface area (Å²) in [7, 11) is 0. The molecule has 13 heteroatoms. The van der Waals surface area contributed by atoms with Gasteiger partial charge in [0.25, 0.3) is 0 Å². The van der Waals surface area contributed by atoms with E-state index in [1.165, 1.54) is 0 Å². The van der Waals surface area contributed by atoms with E-state index in [1.54, 1.807) is 34.6 Å². The van der Waals surface area contributed by atoms with E-state index in [2.05, 4.69) is 0 Å². The zero-order valence-corrected chi connectivity index (χ0v) is 20.6. The quantitative estimate of drug-likeness (QED) is 0.259. The van der Waals surface area contributed by atoms with E-state index in [1.807, 2.05) is 0 Å². The van der Waals surface area contributed by atoms with Crippen molar-refractivity contribution in [1.29, 1.82) is 0 Å². The first-order valence-electron chi connectivity index (χ1n) is 4.98. The van der Waals surface area contributed by atoms with Gasteiger partial charge in [0.1, 0.15) is 0 Å². The third kappa shape index (κ3) is 3420. The van der Waals surface area contributed by atoms with Gasteiger partial charge in [0.15, 0.2) is 0 Å². The van der Waals surface area contributed by atoms with Crippen molar-refractivity contribution in [2.75, 3.05) is 33.0 Å². The Morgan fingerprint density at radius 2 is 0.348 bits per heavy atom. The Kier molecular flexibility index (Phi) is 1170. The molecule has 23 heavy (non-hydrogen) atoms. The monoisotopic (exact) mass is 584 g/mol. The summed E-state index contributed by atoms with van der Waals surface area (Å²) >= 11 is 0. The van der Waals surface area contributed by atoms with Crippen LogP contribution in [0, 0.1) is 0 Å². The van der Waals surface area contributed by atoms with E-state index in [9.17, 15) is 0 Å². The van der Waals surface area contributed by atoms with E-state index < -0.39 is 0 Å². The molecule has 0 heterocycles. The molecule has 0 amide bonds. The van der Waals surface area contributed by atoms with Crippen LogP contribution in [0.3, 0.4) is 0 Å². The first-order valence-corrected chi connectivity index (χ1v) is 4.98. The maximum Gasteiger partial charge on any atom is 5.00 e. The summed E-state index contributed by atoms with van der Waals surface area (Å²) in [5.74, 6) is 0. The summed E-state index contributed by atoms with van der Waals surface area (Å²) in [4.78, 5) is 0. The molecule has 0 fully saturated rings. The molecule has 0 spiro atoms. The Morgan fingerprint density at radius 1 is 0.348 bits per heavy atom. The van der Waals surface area contributed by atoms with Crippen LogP contribution >= 0.6 is 0 Å². The predicted molar refractivity (Wildman–Crippen MR) is 56.1 cm³/mol. The van der Waals surface area contributed by atoms with Gasteiger partial charge in [0.05, 0.1) is 0 Å². The smallest absolute Gasteiger partial charge is 2.00 e. The van der Waals surface area contributed by atoms with Crippen LogP contribution in [-0.4, -0.2) is 33.0 Å². The first-order chi connectivity index (χ1) is 7.07. The Labute approximate surface area is 186 Å². The van der Waals surface area contributed by atoms with E-state index in [0.717, 1.165) is 0 Å². The van der Waals surface area contributed by atoms with Gasteiger partial charge in [-0.15, -0.1) is 33.0 Å². The summed E-state index contributed by atoms with van der Waals surface area (Å²) in [5, 5.41) is 44.7. The van der Waals surface area contributed by atoms with Crippen molar-refractivity contribution in [1.82, 2.24) is 0 Å². The minimum atomic E-state index is 0. The minimum absolute atomic E-state index is 0. The van der Waals surface area contributed by atoms with Gasteiger partial charge in [0, 0.05) is 0 Å².